The van der Waals surface area contributed by atoms with Gasteiger partial charge in [-0.1, -0.05) is 17.7 Å². The van der Waals surface area contributed by atoms with Gasteiger partial charge in [-0.25, -0.2) is 0 Å². The van der Waals surface area contributed by atoms with Crippen molar-refractivity contribution in [3.8, 4) is 5.75 Å². The molecule has 29 heavy (non-hydrogen) atoms. The lowest BCUT2D eigenvalue weighted by molar-refractivity contribution is -0.119. The van der Waals surface area contributed by atoms with Crippen molar-refractivity contribution in [1.82, 2.24) is 20.4 Å². The summed E-state index contributed by atoms with van der Waals surface area (Å²) in [6, 6.07) is 4.85. The number of nitrogens with zero attached hydrogens (tertiary/aromatic N) is 2. The number of aryl methyl sites for hydroxylation is 2. The Kier molecular flexibility index (Phi) is 6.46. The lowest BCUT2D eigenvalue weighted by Gasteiger charge is -2.24. The number of nitrogens with one attached hydrogen (secondary N) is 2. The first kappa shape index (κ1) is 20.8. The zero-order valence-corrected chi connectivity index (χ0v) is 16.4. The zero-order valence-electron chi connectivity index (χ0n) is 16.4. The zero-order chi connectivity index (χ0) is 21.0. The number of aromatic nitrogens is 2. The van der Waals surface area contributed by atoms with Crippen LogP contribution >= 0.6 is 0 Å². The Hall–Kier alpha value is -2.97. The Morgan fingerprint density at radius 3 is 2.86 bits per heavy atom. The van der Waals surface area contributed by atoms with Crippen molar-refractivity contribution in [2.24, 2.45) is 5.92 Å². The second-order valence-electron chi connectivity index (χ2n) is 7.20. The van der Waals surface area contributed by atoms with Crippen LogP contribution in [0.25, 0.3) is 0 Å². The van der Waals surface area contributed by atoms with Gasteiger partial charge in [0.2, 0.25) is 5.91 Å². The molecular weight excluding hydrogens is 382 g/mol. The topological polar surface area (TPSA) is 85.2 Å². The molecule has 1 atom stereocenters. The molecule has 3 rings (SSSR count). The van der Waals surface area contributed by atoms with Gasteiger partial charge in [-0.2, -0.15) is 13.9 Å². The molecule has 0 aliphatic carbocycles. The van der Waals surface area contributed by atoms with E-state index in [0.717, 1.165) is 17.7 Å². The van der Waals surface area contributed by atoms with Gasteiger partial charge in [0.1, 0.15) is 5.75 Å². The quantitative estimate of drug-likeness (QED) is 0.740. The highest BCUT2D eigenvalue weighted by Gasteiger charge is 2.25. The molecule has 2 heterocycles. The SMILES string of the molecule is CC(=O)NC[C@H]1CCn2ncc(C(=O)NCc3cc(C)ccc3OC(F)F)c2C1. The number of rotatable bonds is 7. The molecule has 0 bridgehead atoms. The third-order valence-electron chi connectivity index (χ3n) is 4.94. The van der Waals surface area contributed by atoms with Crippen molar-refractivity contribution < 1.29 is 23.1 Å². The van der Waals surface area contributed by atoms with Crippen LogP contribution in [0, 0.1) is 12.8 Å². The average Bonchev–Trinajstić information content (AvgIpc) is 3.09. The second-order valence-corrected chi connectivity index (χ2v) is 7.20. The van der Waals surface area contributed by atoms with Gasteiger partial charge in [-0.15, -0.1) is 0 Å². The molecule has 0 unspecified atom stereocenters. The monoisotopic (exact) mass is 406 g/mol. The normalized spacial score (nSPS) is 15.7. The number of amides is 2. The van der Waals surface area contributed by atoms with Crippen LogP contribution in [0.3, 0.4) is 0 Å². The molecule has 1 aromatic heterocycles. The van der Waals surface area contributed by atoms with Crippen LogP contribution in [0.5, 0.6) is 5.75 Å². The maximum atomic E-state index is 12.7. The summed E-state index contributed by atoms with van der Waals surface area (Å²) in [5.41, 5.74) is 2.63. The van der Waals surface area contributed by atoms with Crippen molar-refractivity contribution >= 4 is 11.8 Å². The third kappa shape index (κ3) is 5.30. The highest BCUT2D eigenvalue weighted by Crippen LogP contribution is 2.24. The van der Waals surface area contributed by atoms with Crippen LogP contribution in [0.15, 0.2) is 24.4 Å². The minimum atomic E-state index is -2.93. The number of alkyl halides is 2. The molecule has 2 amide bonds. The molecule has 0 fully saturated rings. The summed E-state index contributed by atoms with van der Waals surface area (Å²) in [5.74, 6) is -0.131. The highest BCUT2D eigenvalue weighted by atomic mass is 19.3. The predicted molar refractivity (Wildman–Crippen MR) is 102 cm³/mol. The summed E-state index contributed by atoms with van der Waals surface area (Å²) in [4.78, 5) is 23.9. The number of fused-ring (bicyclic) bond motifs is 1. The maximum Gasteiger partial charge on any atom is 0.387 e. The molecule has 1 aromatic carbocycles. The first-order valence-corrected chi connectivity index (χ1v) is 9.45. The summed E-state index contributed by atoms with van der Waals surface area (Å²) >= 11 is 0. The Balaban J connectivity index is 1.68. The van der Waals surface area contributed by atoms with Gasteiger partial charge in [-0.05, 0) is 31.7 Å². The van der Waals surface area contributed by atoms with Crippen molar-refractivity contribution in [2.75, 3.05) is 6.54 Å². The fourth-order valence-corrected chi connectivity index (χ4v) is 3.48. The lowest BCUT2D eigenvalue weighted by Crippen LogP contribution is -2.33. The molecule has 2 N–H and O–H groups in total. The number of hydrogen-bond acceptors (Lipinski definition) is 4. The summed E-state index contributed by atoms with van der Waals surface area (Å²) in [7, 11) is 0. The molecule has 1 aliphatic rings. The van der Waals surface area contributed by atoms with Crippen molar-refractivity contribution in [3.63, 3.8) is 0 Å². The van der Waals surface area contributed by atoms with E-state index < -0.39 is 6.61 Å². The summed E-state index contributed by atoms with van der Waals surface area (Å²) in [5, 5.41) is 9.86. The van der Waals surface area contributed by atoms with Crippen LogP contribution in [0.4, 0.5) is 8.78 Å². The molecule has 1 aliphatic heterocycles. The first-order chi connectivity index (χ1) is 13.8. The van der Waals surface area contributed by atoms with Crippen LogP contribution in [-0.4, -0.2) is 34.8 Å². The molecule has 0 saturated heterocycles. The van der Waals surface area contributed by atoms with Crippen molar-refractivity contribution in [1.29, 1.82) is 0 Å². The van der Waals surface area contributed by atoms with Gasteiger partial charge in [0.05, 0.1) is 17.5 Å². The highest BCUT2D eigenvalue weighted by molar-refractivity contribution is 5.95. The Morgan fingerprint density at radius 2 is 2.14 bits per heavy atom. The Bertz CT molecular complexity index is 898. The standard InChI is InChI=1S/C20H24F2N4O3/c1-12-3-4-18(29-20(21)22)15(7-12)10-24-19(28)16-11-25-26-6-5-14(8-17(16)26)9-23-13(2)27/h3-4,7,11,14,20H,5-6,8-10H2,1-2H3,(H,23,27)(H,24,28)/t14-/m0/s1. The lowest BCUT2D eigenvalue weighted by atomic mass is 9.94. The molecule has 156 valence electrons. The van der Waals surface area contributed by atoms with Gasteiger partial charge in [0.25, 0.3) is 5.91 Å². The van der Waals surface area contributed by atoms with Gasteiger partial charge in [0, 0.05) is 32.1 Å². The molecular formula is C20H24F2N4O3. The minimum Gasteiger partial charge on any atom is -0.434 e. The van der Waals surface area contributed by atoms with Gasteiger partial charge >= 0.3 is 6.61 Å². The van der Waals surface area contributed by atoms with Crippen LogP contribution in [0.2, 0.25) is 0 Å². The van der Waals surface area contributed by atoms with E-state index >= 15 is 0 Å². The van der Waals surface area contributed by atoms with Crippen molar-refractivity contribution in [3.05, 3.63) is 46.8 Å². The first-order valence-electron chi connectivity index (χ1n) is 9.45. The van der Waals surface area contributed by atoms with E-state index in [1.807, 2.05) is 6.92 Å². The number of hydrogen-bond donors (Lipinski definition) is 2. The molecule has 0 saturated carbocycles. The van der Waals surface area contributed by atoms with Gasteiger partial charge < -0.3 is 15.4 Å². The smallest absolute Gasteiger partial charge is 0.387 e. The van der Waals surface area contributed by atoms with E-state index in [1.54, 1.807) is 16.8 Å². The number of benzene rings is 1. The minimum absolute atomic E-state index is 0.0401. The fraction of sp³-hybridized carbons (Fsp3) is 0.450. The maximum absolute atomic E-state index is 12.7. The fourth-order valence-electron chi connectivity index (χ4n) is 3.48. The second kappa shape index (κ2) is 9.02. The number of carbonyl (C=O) groups excluding carboxylic acids is 2. The molecule has 0 radical (unpaired) electrons. The molecule has 9 heteroatoms. The summed E-state index contributed by atoms with van der Waals surface area (Å²) in [6.07, 6.45) is 3.03. The largest absolute Gasteiger partial charge is 0.434 e. The summed E-state index contributed by atoms with van der Waals surface area (Å²) < 4.78 is 31.6. The Labute approximate surface area is 167 Å². The van der Waals surface area contributed by atoms with E-state index in [9.17, 15) is 18.4 Å². The van der Waals surface area contributed by atoms with Gasteiger partial charge in [0.15, 0.2) is 0 Å². The average molecular weight is 406 g/mol. The number of ether oxygens (including phenoxy) is 1. The van der Waals surface area contributed by atoms with Crippen LogP contribution in [-0.2, 0) is 24.3 Å². The molecule has 0 spiro atoms. The third-order valence-corrected chi connectivity index (χ3v) is 4.94. The number of halogens is 2. The van der Waals surface area contributed by atoms with E-state index in [0.29, 0.717) is 30.6 Å². The number of carbonyl (C=O) groups is 2. The summed E-state index contributed by atoms with van der Waals surface area (Å²) in [6.45, 7) is 1.67. The molecule has 2 aromatic rings. The van der Waals surface area contributed by atoms with E-state index in [1.165, 1.54) is 19.2 Å². The van der Waals surface area contributed by atoms with Crippen molar-refractivity contribution in [2.45, 2.75) is 46.4 Å². The van der Waals surface area contributed by atoms with E-state index in [2.05, 4.69) is 20.5 Å². The van der Waals surface area contributed by atoms with E-state index in [4.69, 9.17) is 0 Å². The predicted octanol–water partition coefficient (Wildman–Crippen LogP) is 2.42. The van der Waals surface area contributed by atoms with E-state index in [-0.39, 0.29) is 30.0 Å². The molecule has 7 nitrogen and oxygen atoms in total. The van der Waals surface area contributed by atoms with Crippen LogP contribution in [0.1, 0.15) is 40.5 Å². The Morgan fingerprint density at radius 1 is 1.34 bits per heavy atom. The van der Waals surface area contributed by atoms with Gasteiger partial charge in [-0.3, -0.25) is 14.3 Å². The van der Waals surface area contributed by atoms with Crippen LogP contribution < -0.4 is 15.4 Å².